The van der Waals surface area contributed by atoms with Crippen molar-refractivity contribution >= 4 is 11.5 Å². The number of hydrogen-bond donors (Lipinski definition) is 1. The Morgan fingerprint density at radius 1 is 1.26 bits per heavy atom. The summed E-state index contributed by atoms with van der Waals surface area (Å²) in [6.07, 6.45) is 3.47. The van der Waals surface area contributed by atoms with Gasteiger partial charge in [0.05, 0.1) is 5.57 Å². The van der Waals surface area contributed by atoms with Crippen molar-refractivity contribution in [3.8, 4) is 0 Å². The molecule has 0 heterocycles. The normalized spacial score (nSPS) is 10.9. The van der Waals surface area contributed by atoms with Crippen molar-refractivity contribution in [2.75, 3.05) is 0 Å². The molecule has 0 saturated heterocycles. The van der Waals surface area contributed by atoms with Gasteiger partial charge in [0.25, 0.3) is 0 Å². The number of carboxylic acid groups (broad SMARTS) is 1. The van der Waals surface area contributed by atoms with Crippen molar-refractivity contribution < 1.29 is 14.3 Å². The molecular formula is C16H15FO2. The maximum absolute atomic E-state index is 12.8. The predicted molar refractivity (Wildman–Crippen MR) is 75.1 cm³/mol. The van der Waals surface area contributed by atoms with E-state index in [2.05, 4.69) is 19.7 Å². The summed E-state index contributed by atoms with van der Waals surface area (Å²) in [6.45, 7) is 11.0. The average molecular weight is 258 g/mol. The molecule has 0 aliphatic rings. The molecule has 2 nitrogen and oxygen atoms in total. The zero-order valence-corrected chi connectivity index (χ0v) is 10.5. The largest absolute Gasteiger partial charge is 0.478 e. The van der Waals surface area contributed by atoms with Crippen molar-refractivity contribution in [2.45, 2.75) is 6.42 Å². The molecule has 0 unspecified atom stereocenters. The van der Waals surface area contributed by atoms with Crippen molar-refractivity contribution in [1.29, 1.82) is 0 Å². The molecule has 0 aliphatic carbocycles. The molecule has 0 aliphatic heterocycles. The standard InChI is InChI=1S/C16H15FO2/c1-4-11(2)5-10-15(16(18)19)12(3)13-6-8-14(17)9-7-13/h4,6-10H,1-3,5H2,(H,18,19)/b15-10+. The first kappa shape index (κ1) is 14.6. The summed E-state index contributed by atoms with van der Waals surface area (Å²) < 4.78 is 12.8. The van der Waals surface area contributed by atoms with E-state index in [-0.39, 0.29) is 11.4 Å². The zero-order valence-electron chi connectivity index (χ0n) is 10.5. The maximum Gasteiger partial charge on any atom is 0.335 e. The van der Waals surface area contributed by atoms with Crippen LogP contribution in [-0.2, 0) is 4.79 Å². The predicted octanol–water partition coefficient (Wildman–Crippen LogP) is 3.98. The van der Waals surface area contributed by atoms with Gasteiger partial charge in [-0.1, -0.05) is 49.6 Å². The topological polar surface area (TPSA) is 37.3 Å². The van der Waals surface area contributed by atoms with Gasteiger partial charge in [0.1, 0.15) is 5.82 Å². The lowest BCUT2D eigenvalue weighted by Crippen LogP contribution is -2.03. The second-order valence-electron chi connectivity index (χ2n) is 3.97. The molecule has 0 aromatic heterocycles. The van der Waals surface area contributed by atoms with Gasteiger partial charge in [0.15, 0.2) is 0 Å². The van der Waals surface area contributed by atoms with Crippen molar-refractivity contribution in [1.82, 2.24) is 0 Å². The van der Waals surface area contributed by atoms with Gasteiger partial charge in [-0.05, 0) is 29.7 Å². The van der Waals surface area contributed by atoms with Crippen LogP contribution in [0, 0.1) is 5.82 Å². The van der Waals surface area contributed by atoms with Crippen molar-refractivity contribution in [3.63, 3.8) is 0 Å². The Hall–Kier alpha value is -2.42. The first-order chi connectivity index (χ1) is 8.95. The SMILES string of the molecule is C=CC(=C)C/C=C(\C(=C)c1ccc(F)cc1)C(=O)O. The lowest BCUT2D eigenvalue weighted by atomic mass is 9.98. The molecule has 0 spiro atoms. The summed E-state index contributed by atoms with van der Waals surface area (Å²) in [6, 6.07) is 5.53. The van der Waals surface area contributed by atoms with Crippen LogP contribution in [0.5, 0.6) is 0 Å². The lowest BCUT2D eigenvalue weighted by Gasteiger charge is -2.07. The van der Waals surface area contributed by atoms with E-state index in [4.69, 9.17) is 0 Å². The number of aliphatic carboxylic acids is 1. The molecule has 3 heteroatoms. The number of benzene rings is 1. The summed E-state index contributed by atoms with van der Waals surface area (Å²) >= 11 is 0. The second kappa shape index (κ2) is 6.50. The molecule has 1 aromatic rings. The minimum Gasteiger partial charge on any atom is -0.478 e. The molecule has 19 heavy (non-hydrogen) atoms. The van der Waals surface area contributed by atoms with E-state index in [1.54, 1.807) is 6.08 Å². The minimum absolute atomic E-state index is 0.0783. The van der Waals surface area contributed by atoms with Gasteiger partial charge in [-0.2, -0.15) is 0 Å². The van der Waals surface area contributed by atoms with E-state index < -0.39 is 5.97 Å². The van der Waals surface area contributed by atoms with Gasteiger partial charge >= 0.3 is 5.97 Å². The van der Waals surface area contributed by atoms with Crippen LogP contribution in [0.25, 0.3) is 5.57 Å². The number of hydrogen-bond acceptors (Lipinski definition) is 1. The Kier molecular flexibility index (Phi) is 5.01. The number of carbonyl (C=O) groups is 1. The Morgan fingerprint density at radius 3 is 2.32 bits per heavy atom. The molecule has 0 amide bonds. The van der Waals surface area contributed by atoms with Crippen molar-refractivity contribution in [2.24, 2.45) is 0 Å². The summed E-state index contributed by atoms with van der Waals surface area (Å²) in [4.78, 5) is 11.2. The second-order valence-corrected chi connectivity index (χ2v) is 3.97. The summed E-state index contributed by atoms with van der Waals surface area (Å²) in [5.74, 6) is -1.45. The number of halogens is 1. The molecule has 1 rings (SSSR count). The van der Waals surface area contributed by atoms with Crippen LogP contribution in [-0.4, -0.2) is 11.1 Å². The molecular weight excluding hydrogens is 243 g/mol. The first-order valence-corrected chi connectivity index (χ1v) is 5.64. The highest BCUT2D eigenvalue weighted by atomic mass is 19.1. The van der Waals surface area contributed by atoms with Crippen LogP contribution in [0.1, 0.15) is 12.0 Å². The Morgan fingerprint density at radius 2 is 1.84 bits per heavy atom. The number of rotatable bonds is 6. The van der Waals surface area contributed by atoms with Gasteiger partial charge in [-0.3, -0.25) is 0 Å². The fourth-order valence-electron chi connectivity index (χ4n) is 1.46. The minimum atomic E-state index is -1.08. The van der Waals surface area contributed by atoms with Gasteiger partial charge in [0, 0.05) is 0 Å². The third-order valence-corrected chi connectivity index (χ3v) is 2.61. The summed E-state index contributed by atoms with van der Waals surface area (Å²) in [5, 5.41) is 9.19. The van der Waals surface area contributed by atoms with E-state index in [1.807, 2.05) is 0 Å². The fraction of sp³-hybridized carbons (Fsp3) is 0.0625. The van der Waals surface area contributed by atoms with Gasteiger partial charge < -0.3 is 5.11 Å². The third-order valence-electron chi connectivity index (χ3n) is 2.61. The molecule has 0 atom stereocenters. The van der Waals surface area contributed by atoms with Crippen LogP contribution in [0.3, 0.4) is 0 Å². The van der Waals surface area contributed by atoms with E-state index >= 15 is 0 Å². The van der Waals surface area contributed by atoms with Crippen LogP contribution < -0.4 is 0 Å². The van der Waals surface area contributed by atoms with Crippen molar-refractivity contribution in [3.05, 3.63) is 78.7 Å². The van der Waals surface area contributed by atoms with Gasteiger partial charge in [0.2, 0.25) is 0 Å². The molecule has 1 N–H and O–H groups in total. The molecule has 1 aromatic carbocycles. The maximum atomic E-state index is 12.8. The van der Waals surface area contributed by atoms with E-state index in [1.165, 1.54) is 30.3 Å². The fourth-order valence-corrected chi connectivity index (χ4v) is 1.46. The van der Waals surface area contributed by atoms with Gasteiger partial charge in [-0.25, -0.2) is 9.18 Å². The summed E-state index contributed by atoms with van der Waals surface area (Å²) in [7, 11) is 0. The van der Waals surface area contributed by atoms with E-state index in [9.17, 15) is 14.3 Å². The Balaban J connectivity index is 3.02. The van der Waals surface area contributed by atoms with E-state index in [0.29, 0.717) is 23.1 Å². The van der Waals surface area contributed by atoms with E-state index in [0.717, 1.165) is 0 Å². The smallest absolute Gasteiger partial charge is 0.335 e. The average Bonchev–Trinajstić information content (AvgIpc) is 2.38. The third kappa shape index (κ3) is 4.07. The highest BCUT2D eigenvalue weighted by Crippen LogP contribution is 2.22. The zero-order chi connectivity index (χ0) is 14.4. The van der Waals surface area contributed by atoms with Gasteiger partial charge in [-0.15, -0.1) is 0 Å². The van der Waals surface area contributed by atoms with Crippen LogP contribution >= 0.6 is 0 Å². The molecule has 0 fully saturated rings. The molecule has 0 radical (unpaired) electrons. The highest BCUT2D eigenvalue weighted by Gasteiger charge is 2.13. The summed E-state index contributed by atoms with van der Waals surface area (Å²) in [5.41, 5.74) is 1.70. The molecule has 0 bridgehead atoms. The Bertz CT molecular complexity index is 551. The quantitative estimate of drug-likeness (QED) is 0.619. The number of allylic oxidation sites excluding steroid dienone is 3. The monoisotopic (exact) mass is 258 g/mol. The van der Waals surface area contributed by atoms with Crippen LogP contribution in [0.2, 0.25) is 0 Å². The molecule has 98 valence electrons. The lowest BCUT2D eigenvalue weighted by molar-refractivity contribution is -0.132. The first-order valence-electron chi connectivity index (χ1n) is 5.64. The Labute approximate surface area is 111 Å². The number of carboxylic acids is 1. The van der Waals surface area contributed by atoms with Crippen LogP contribution in [0.15, 0.2) is 67.3 Å². The molecule has 0 saturated carbocycles. The highest BCUT2D eigenvalue weighted by molar-refractivity contribution is 6.04. The van der Waals surface area contributed by atoms with Crippen LogP contribution in [0.4, 0.5) is 4.39 Å².